The van der Waals surface area contributed by atoms with Crippen LogP contribution in [0.3, 0.4) is 0 Å². The molecule has 2 aliphatic carbocycles. The lowest BCUT2D eigenvalue weighted by molar-refractivity contribution is -0.144. The number of fused-ring (bicyclic) bond motifs is 1. The van der Waals surface area contributed by atoms with Crippen molar-refractivity contribution in [1.29, 1.82) is 0 Å². The van der Waals surface area contributed by atoms with Gasteiger partial charge in [0.2, 0.25) is 0 Å². The average Bonchev–Trinajstić information content (AvgIpc) is 3.22. The summed E-state index contributed by atoms with van der Waals surface area (Å²) in [5.74, 6) is 1.11. The molecule has 2 aliphatic rings. The lowest BCUT2D eigenvalue weighted by atomic mass is 9.64. The topological polar surface area (TPSA) is 70.4 Å². The Morgan fingerprint density at radius 2 is 2.03 bits per heavy atom. The average molecular weight is 481 g/mol. The summed E-state index contributed by atoms with van der Waals surface area (Å²) in [6.07, 6.45) is 18.7. The van der Waals surface area contributed by atoms with Gasteiger partial charge in [-0.15, -0.1) is 0 Å². The molecule has 0 amide bonds. The number of hydrogen-bond donors (Lipinski definition) is 0. The number of ether oxygens (including phenoxy) is 2. The summed E-state index contributed by atoms with van der Waals surface area (Å²) >= 11 is 0. The number of aryl methyl sites for hydroxylation is 1. The van der Waals surface area contributed by atoms with E-state index in [9.17, 15) is 9.59 Å². The molecule has 0 aromatic carbocycles. The van der Waals surface area contributed by atoms with E-state index in [1.807, 2.05) is 24.7 Å². The van der Waals surface area contributed by atoms with Gasteiger partial charge in [-0.25, -0.2) is 14.6 Å². The Bertz CT molecular complexity index is 998. The van der Waals surface area contributed by atoms with Crippen molar-refractivity contribution in [2.24, 2.45) is 30.7 Å². The first-order valence-corrected chi connectivity index (χ1v) is 12.8. The van der Waals surface area contributed by atoms with Gasteiger partial charge >= 0.3 is 11.9 Å². The molecule has 0 N–H and O–H groups in total. The van der Waals surface area contributed by atoms with Crippen LogP contribution in [0, 0.1) is 23.7 Å². The molecule has 1 heterocycles. The Kier molecular flexibility index (Phi) is 9.70. The maximum absolute atomic E-state index is 12.6. The van der Waals surface area contributed by atoms with E-state index in [1.54, 1.807) is 18.5 Å². The van der Waals surface area contributed by atoms with Crippen molar-refractivity contribution in [2.75, 3.05) is 6.61 Å². The van der Waals surface area contributed by atoms with Gasteiger partial charge in [-0.1, -0.05) is 43.2 Å². The maximum Gasteiger partial charge on any atom is 0.331 e. The molecule has 0 saturated carbocycles. The Hall–Kier alpha value is -2.89. The molecular weight excluding hydrogens is 440 g/mol. The van der Waals surface area contributed by atoms with Gasteiger partial charge in [-0.2, -0.15) is 0 Å². The molecule has 0 radical (unpaired) electrons. The number of imidazole rings is 1. The lowest BCUT2D eigenvalue weighted by Crippen LogP contribution is -2.35. The van der Waals surface area contributed by atoms with Gasteiger partial charge in [0.15, 0.2) is 0 Å². The first-order chi connectivity index (χ1) is 16.8. The second-order valence-corrected chi connectivity index (χ2v) is 10.1. The quantitative estimate of drug-likeness (QED) is 0.291. The van der Waals surface area contributed by atoms with Crippen LogP contribution in [0.4, 0.5) is 0 Å². The van der Waals surface area contributed by atoms with Crippen molar-refractivity contribution in [1.82, 2.24) is 9.55 Å². The number of hydrogen-bond acceptors (Lipinski definition) is 5. The van der Waals surface area contributed by atoms with E-state index in [0.29, 0.717) is 43.1 Å². The predicted octanol–water partition coefficient (Wildman–Crippen LogP) is 5.82. The molecule has 0 fully saturated rings. The van der Waals surface area contributed by atoms with Crippen molar-refractivity contribution >= 4 is 18.0 Å². The smallest absolute Gasteiger partial charge is 0.331 e. The van der Waals surface area contributed by atoms with Crippen LogP contribution < -0.4 is 0 Å². The Labute approximate surface area is 209 Å². The summed E-state index contributed by atoms with van der Waals surface area (Å²) in [6, 6.07) is 0. The van der Waals surface area contributed by atoms with Crippen molar-refractivity contribution in [3.05, 3.63) is 59.7 Å². The van der Waals surface area contributed by atoms with Crippen molar-refractivity contribution in [3.63, 3.8) is 0 Å². The summed E-state index contributed by atoms with van der Waals surface area (Å²) < 4.78 is 13.0. The number of rotatable bonds is 6. The van der Waals surface area contributed by atoms with Crippen molar-refractivity contribution in [2.45, 2.75) is 65.9 Å². The Morgan fingerprint density at radius 3 is 2.71 bits per heavy atom. The minimum absolute atomic E-state index is 0.204. The number of allylic oxidation sites excluding steroid dienone is 4. The molecule has 190 valence electrons. The minimum atomic E-state index is -0.344. The third kappa shape index (κ3) is 7.81. The summed E-state index contributed by atoms with van der Waals surface area (Å²) in [5.41, 5.74) is 3.20. The zero-order chi connectivity index (χ0) is 25.4. The molecule has 4 atom stereocenters. The number of carbonyl (C=O) groups is 2. The molecule has 3 rings (SSSR count). The third-order valence-corrected chi connectivity index (χ3v) is 7.19. The highest BCUT2D eigenvalue weighted by molar-refractivity contribution is 5.86. The highest BCUT2D eigenvalue weighted by atomic mass is 16.5. The molecule has 4 unspecified atom stereocenters. The van der Waals surface area contributed by atoms with Gasteiger partial charge in [0.1, 0.15) is 6.10 Å². The fourth-order valence-electron chi connectivity index (χ4n) is 5.39. The molecule has 0 aliphatic heterocycles. The SMILES string of the molecule is CCOC(=O)C=C1C/C=C\CC(OC(=O)C=Cc2cn(C)cn2)CC2C(C)=CCC(C(C)C)C2C1. The molecule has 1 aromatic rings. The molecule has 35 heavy (non-hydrogen) atoms. The first kappa shape index (κ1) is 26.7. The molecule has 1 aromatic heterocycles. The van der Waals surface area contributed by atoms with Crippen LogP contribution in [0.1, 0.15) is 65.5 Å². The van der Waals surface area contributed by atoms with Crippen LogP contribution >= 0.6 is 0 Å². The van der Waals surface area contributed by atoms with Crippen LogP contribution in [0.2, 0.25) is 0 Å². The van der Waals surface area contributed by atoms with Gasteiger partial charge < -0.3 is 14.0 Å². The molecule has 0 spiro atoms. The summed E-state index contributed by atoms with van der Waals surface area (Å²) in [7, 11) is 1.89. The van der Waals surface area contributed by atoms with E-state index in [1.165, 1.54) is 11.6 Å². The molecular formula is C29H40N2O4. The molecule has 0 bridgehead atoms. The van der Waals surface area contributed by atoms with Crippen LogP contribution in [0.25, 0.3) is 6.08 Å². The van der Waals surface area contributed by atoms with Crippen molar-refractivity contribution < 1.29 is 19.1 Å². The highest BCUT2D eigenvalue weighted by Gasteiger charge is 2.37. The van der Waals surface area contributed by atoms with Crippen LogP contribution in [0.5, 0.6) is 0 Å². The van der Waals surface area contributed by atoms with Crippen LogP contribution in [-0.2, 0) is 26.1 Å². The van der Waals surface area contributed by atoms with Gasteiger partial charge in [0.25, 0.3) is 0 Å². The maximum atomic E-state index is 12.6. The fraction of sp³-hybridized carbons (Fsp3) is 0.552. The lowest BCUT2D eigenvalue weighted by Gasteiger charge is -2.42. The fourth-order valence-corrected chi connectivity index (χ4v) is 5.39. The number of carbonyl (C=O) groups excluding carboxylic acids is 2. The third-order valence-electron chi connectivity index (χ3n) is 7.19. The van der Waals surface area contributed by atoms with Crippen LogP contribution in [-0.4, -0.2) is 34.2 Å². The zero-order valence-electron chi connectivity index (χ0n) is 21.8. The number of aromatic nitrogens is 2. The van der Waals surface area contributed by atoms with E-state index >= 15 is 0 Å². The van der Waals surface area contributed by atoms with Crippen LogP contribution in [0.15, 0.2) is 54.1 Å². The minimum Gasteiger partial charge on any atom is -0.463 e. The summed E-state index contributed by atoms with van der Waals surface area (Å²) in [5, 5.41) is 0. The second kappa shape index (κ2) is 12.7. The number of esters is 2. The van der Waals surface area contributed by atoms with Gasteiger partial charge in [-0.05, 0) is 69.3 Å². The summed E-state index contributed by atoms with van der Waals surface area (Å²) in [6.45, 7) is 8.97. The molecule has 6 nitrogen and oxygen atoms in total. The van der Waals surface area contributed by atoms with E-state index in [2.05, 4.69) is 44.0 Å². The van der Waals surface area contributed by atoms with E-state index in [4.69, 9.17) is 9.47 Å². The molecule has 6 heteroatoms. The van der Waals surface area contributed by atoms with Gasteiger partial charge in [0, 0.05) is 31.8 Å². The second-order valence-electron chi connectivity index (χ2n) is 10.1. The largest absolute Gasteiger partial charge is 0.463 e. The van der Waals surface area contributed by atoms with E-state index in [0.717, 1.165) is 30.5 Å². The Balaban J connectivity index is 1.83. The predicted molar refractivity (Wildman–Crippen MR) is 138 cm³/mol. The first-order valence-electron chi connectivity index (χ1n) is 12.8. The summed E-state index contributed by atoms with van der Waals surface area (Å²) in [4.78, 5) is 29.1. The monoisotopic (exact) mass is 480 g/mol. The highest BCUT2D eigenvalue weighted by Crippen LogP contribution is 2.45. The normalized spacial score (nSPS) is 27.4. The van der Waals surface area contributed by atoms with E-state index in [-0.39, 0.29) is 18.0 Å². The van der Waals surface area contributed by atoms with Gasteiger partial charge in [0.05, 0.1) is 18.6 Å². The Morgan fingerprint density at radius 1 is 1.23 bits per heavy atom. The zero-order valence-corrected chi connectivity index (χ0v) is 21.8. The standard InChI is InChI=1S/C29H40N2O4/c1-6-34-29(33)16-22-9-7-8-10-24(35-28(32)14-12-23-18-31(5)19-30-23)17-26-21(4)11-13-25(20(2)3)27(26)15-22/h7-8,11-12,14,16,18-20,24-27H,6,9-10,13,15,17H2,1-5H3/b8-7-,14-12?,22-16?. The molecule has 0 saturated heterocycles. The number of nitrogens with zero attached hydrogens (tertiary/aromatic N) is 2. The van der Waals surface area contributed by atoms with Gasteiger partial charge in [-0.3, -0.25) is 0 Å². The van der Waals surface area contributed by atoms with E-state index < -0.39 is 0 Å². The van der Waals surface area contributed by atoms with Crippen molar-refractivity contribution in [3.8, 4) is 0 Å².